The Bertz CT molecular complexity index is 522. The number of primary amides is 1. The number of cyclic esters (lactones) is 1. The minimum atomic E-state index is -1.03. The van der Waals surface area contributed by atoms with Crippen molar-refractivity contribution in [2.75, 3.05) is 6.61 Å². The summed E-state index contributed by atoms with van der Waals surface area (Å²) in [6.45, 7) is 3.69. The highest BCUT2D eigenvalue weighted by molar-refractivity contribution is 5.99. The largest absolute Gasteiger partial charge is 0.444 e. The lowest BCUT2D eigenvalue weighted by Gasteiger charge is -2.23. The van der Waals surface area contributed by atoms with Crippen LogP contribution in [0, 0.1) is 0 Å². The molecule has 1 heterocycles. The maximum Gasteiger partial charge on any atom is 0.339 e. The summed E-state index contributed by atoms with van der Waals surface area (Å²) in [4.78, 5) is 22.8. The highest BCUT2D eigenvalue weighted by Gasteiger charge is 2.36. The van der Waals surface area contributed by atoms with Gasteiger partial charge in [-0.3, -0.25) is 4.79 Å². The second kappa shape index (κ2) is 4.10. The molecule has 1 aliphatic heterocycles. The predicted octanol–water partition coefficient (Wildman–Crippen LogP) is 0.653. The van der Waals surface area contributed by atoms with Gasteiger partial charge in [-0.1, -0.05) is 26.0 Å². The molecule has 0 fully saturated rings. The van der Waals surface area contributed by atoms with E-state index in [0.717, 1.165) is 5.56 Å². The molecular formula is C13H15NO4. The zero-order valence-corrected chi connectivity index (χ0v) is 10.3. The second-order valence-electron chi connectivity index (χ2n) is 5.03. The Kier molecular flexibility index (Phi) is 2.86. The predicted molar refractivity (Wildman–Crippen MR) is 63.9 cm³/mol. The number of aliphatic hydroxyl groups is 1. The summed E-state index contributed by atoms with van der Waals surface area (Å²) in [5, 5.41) is 9.33. The van der Waals surface area contributed by atoms with Crippen molar-refractivity contribution >= 4 is 11.9 Å². The first-order valence-corrected chi connectivity index (χ1v) is 5.62. The first kappa shape index (κ1) is 12.6. The monoisotopic (exact) mass is 249 g/mol. The number of fused-ring (bicyclic) bond motifs is 1. The molecule has 0 aliphatic carbocycles. The molecule has 0 aromatic heterocycles. The summed E-state index contributed by atoms with van der Waals surface area (Å²) < 4.78 is 4.92. The van der Waals surface area contributed by atoms with Gasteiger partial charge in [-0.2, -0.15) is 0 Å². The van der Waals surface area contributed by atoms with Crippen LogP contribution in [0.15, 0.2) is 18.2 Å². The highest BCUT2D eigenvalue weighted by atomic mass is 16.6. The van der Waals surface area contributed by atoms with E-state index in [4.69, 9.17) is 10.5 Å². The Labute approximate surface area is 105 Å². The van der Waals surface area contributed by atoms with Crippen LogP contribution in [0.1, 0.15) is 41.4 Å². The smallest absolute Gasteiger partial charge is 0.339 e. The summed E-state index contributed by atoms with van der Waals surface area (Å²) in [6.07, 6.45) is -1.03. The van der Waals surface area contributed by atoms with E-state index < -0.39 is 23.4 Å². The van der Waals surface area contributed by atoms with E-state index >= 15 is 0 Å². The lowest BCUT2D eigenvalue weighted by Crippen LogP contribution is -2.24. The van der Waals surface area contributed by atoms with E-state index in [2.05, 4.69) is 0 Å². The summed E-state index contributed by atoms with van der Waals surface area (Å²) in [6, 6.07) is 5.05. The number of hydrogen-bond donors (Lipinski definition) is 2. The van der Waals surface area contributed by atoms with Crippen molar-refractivity contribution < 1.29 is 19.4 Å². The highest BCUT2D eigenvalue weighted by Crippen LogP contribution is 2.34. The number of rotatable bonds is 3. The van der Waals surface area contributed by atoms with Crippen molar-refractivity contribution in [1.82, 2.24) is 0 Å². The lowest BCUT2D eigenvalue weighted by molar-refractivity contribution is -0.126. The number of nitrogens with two attached hydrogens (primary N) is 1. The van der Waals surface area contributed by atoms with Gasteiger partial charge in [0.1, 0.15) is 0 Å². The first-order valence-electron chi connectivity index (χ1n) is 5.62. The first-order chi connectivity index (χ1) is 8.36. The zero-order chi connectivity index (χ0) is 13.5. The Morgan fingerprint density at radius 1 is 1.50 bits per heavy atom. The molecule has 5 nitrogen and oxygen atoms in total. The molecule has 1 unspecified atom stereocenters. The summed E-state index contributed by atoms with van der Waals surface area (Å²) in [5.74, 6) is -1.23. The van der Waals surface area contributed by atoms with Crippen molar-refractivity contribution in [2.24, 2.45) is 5.73 Å². The van der Waals surface area contributed by atoms with Gasteiger partial charge in [-0.25, -0.2) is 4.79 Å². The van der Waals surface area contributed by atoms with Crippen LogP contribution in [0.2, 0.25) is 0 Å². The van der Waals surface area contributed by atoms with Crippen LogP contribution in [0.25, 0.3) is 0 Å². The third-order valence-electron chi connectivity index (χ3n) is 3.21. The summed E-state index contributed by atoms with van der Waals surface area (Å²) in [5.41, 5.74) is 6.41. The topological polar surface area (TPSA) is 89.6 Å². The van der Waals surface area contributed by atoms with Crippen LogP contribution in [0.3, 0.4) is 0 Å². The molecule has 3 N–H and O–H groups in total. The minimum Gasteiger partial charge on any atom is -0.444 e. The van der Waals surface area contributed by atoms with E-state index in [1.165, 1.54) is 0 Å². The molecular weight excluding hydrogens is 234 g/mol. The fourth-order valence-electron chi connectivity index (χ4n) is 1.92. The van der Waals surface area contributed by atoms with Crippen molar-refractivity contribution in [3.63, 3.8) is 0 Å². The van der Waals surface area contributed by atoms with Gasteiger partial charge in [0.15, 0.2) is 0 Å². The number of ether oxygens (including phenoxy) is 1. The van der Waals surface area contributed by atoms with E-state index in [9.17, 15) is 14.7 Å². The van der Waals surface area contributed by atoms with E-state index in [1.54, 1.807) is 18.2 Å². The van der Waals surface area contributed by atoms with Gasteiger partial charge in [0.2, 0.25) is 6.10 Å². The molecule has 5 heteroatoms. The van der Waals surface area contributed by atoms with Gasteiger partial charge in [-0.05, 0) is 11.6 Å². The van der Waals surface area contributed by atoms with Crippen LogP contribution in [-0.2, 0) is 14.9 Å². The minimum absolute atomic E-state index is 0.0399. The quantitative estimate of drug-likeness (QED) is 0.770. The Balaban J connectivity index is 2.52. The standard InChI is InChI=1S/C13H15NO4/c1-13(2,6-15)7-3-4-8-9(5-7)10(11(14)16)18-12(8)17/h3-5,10,15H,6H2,1-2H3,(H2,14,16). The number of esters is 1. The van der Waals surface area contributed by atoms with Crippen LogP contribution >= 0.6 is 0 Å². The van der Waals surface area contributed by atoms with Crippen LogP contribution in [-0.4, -0.2) is 23.6 Å². The van der Waals surface area contributed by atoms with Crippen molar-refractivity contribution in [2.45, 2.75) is 25.4 Å². The Morgan fingerprint density at radius 2 is 2.17 bits per heavy atom. The van der Waals surface area contributed by atoms with Gasteiger partial charge in [0.25, 0.3) is 5.91 Å². The molecule has 0 spiro atoms. The molecule has 1 aromatic carbocycles. The normalized spacial score (nSPS) is 18.4. The molecule has 0 radical (unpaired) electrons. The molecule has 96 valence electrons. The number of hydrogen-bond acceptors (Lipinski definition) is 4. The van der Waals surface area contributed by atoms with Crippen molar-refractivity contribution in [1.29, 1.82) is 0 Å². The van der Waals surface area contributed by atoms with Gasteiger partial charge >= 0.3 is 5.97 Å². The molecule has 0 saturated carbocycles. The molecule has 2 rings (SSSR count). The van der Waals surface area contributed by atoms with Gasteiger partial charge < -0.3 is 15.6 Å². The summed E-state index contributed by atoms with van der Waals surface area (Å²) >= 11 is 0. The maximum absolute atomic E-state index is 11.5. The molecule has 0 bridgehead atoms. The van der Waals surface area contributed by atoms with E-state index in [0.29, 0.717) is 11.1 Å². The number of carbonyl (C=O) groups excluding carboxylic acids is 2. The Hall–Kier alpha value is -1.88. The van der Waals surface area contributed by atoms with Gasteiger partial charge in [0.05, 0.1) is 12.2 Å². The molecule has 1 amide bonds. The third kappa shape index (κ3) is 1.86. The van der Waals surface area contributed by atoms with Crippen LogP contribution < -0.4 is 5.73 Å². The fraction of sp³-hybridized carbons (Fsp3) is 0.385. The molecule has 18 heavy (non-hydrogen) atoms. The zero-order valence-electron chi connectivity index (χ0n) is 10.3. The fourth-order valence-corrected chi connectivity index (χ4v) is 1.92. The van der Waals surface area contributed by atoms with Crippen molar-refractivity contribution in [3.05, 3.63) is 34.9 Å². The van der Waals surface area contributed by atoms with Crippen LogP contribution in [0.4, 0.5) is 0 Å². The second-order valence-corrected chi connectivity index (χ2v) is 5.03. The van der Waals surface area contributed by atoms with E-state index in [1.807, 2.05) is 13.8 Å². The maximum atomic E-state index is 11.5. The van der Waals surface area contributed by atoms with Crippen LogP contribution in [0.5, 0.6) is 0 Å². The average Bonchev–Trinajstić information content (AvgIpc) is 2.66. The number of carbonyl (C=O) groups is 2. The Morgan fingerprint density at radius 3 is 2.72 bits per heavy atom. The van der Waals surface area contributed by atoms with Crippen molar-refractivity contribution in [3.8, 4) is 0 Å². The molecule has 1 aromatic rings. The third-order valence-corrected chi connectivity index (χ3v) is 3.21. The average molecular weight is 249 g/mol. The number of amides is 1. The molecule has 1 aliphatic rings. The van der Waals surface area contributed by atoms with Gasteiger partial charge in [-0.15, -0.1) is 0 Å². The lowest BCUT2D eigenvalue weighted by atomic mass is 9.83. The molecule has 1 atom stereocenters. The summed E-state index contributed by atoms with van der Waals surface area (Å²) in [7, 11) is 0. The van der Waals surface area contributed by atoms with E-state index in [-0.39, 0.29) is 6.61 Å². The SMILES string of the molecule is CC(C)(CO)c1ccc2c(c1)C(C(N)=O)OC2=O. The number of aliphatic hydroxyl groups excluding tert-OH is 1. The molecule has 0 saturated heterocycles. The van der Waals surface area contributed by atoms with Gasteiger partial charge in [0, 0.05) is 11.0 Å². The number of benzene rings is 1.